The third kappa shape index (κ3) is 5.50. The highest BCUT2D eigenvalue weighted by atomic mass is 32.1. The van der Waals surface area contributed by atoms with E-state index in [0.29, 0.717) is 18.9 Å². The molecule has 0 saturated carbocycles. The van der Waals surface area contributed by atoms with Crippen molar-refractivity contribution >= 4 is 40.0 Å². The zero-order valence-corrected chi connectivity index (χ0v) is 22.2. The lowest BCUT2D eigenvalue weighted by atomic mass is 10.1. The van der Waals surface area contributed by atoms with Crippen LogP contribution in [-0.4, -0.2) is 64.3 Å². The van der Waals surface area contributed by atoms with Gasteiger partial charge >= 0.3 is 6.09 Å². The van der Waals surface area contributed by atoms with Crippen LogP contribution in [0.5, 0.6) is 0 Å². The Kier molecular flexibility index (Phi) is 6.94. The molecule has 5 rings (SSSR count). The van der Waals surface area contributed by atoms with E-state index in [4.69, 9.17) is 10.1 Å². The summed E-state index contributed by atoms with van der Waals surface area (Å²) in [7, 11) is 4.18. The van der Waals surface area contributed by atoms with Crippen LogP contribution in [-0.2, 0) is 6.54 Å². The van der Waals surface area contributed by atoms with Crippen LogP contribution in [0.4, 0.5) is 16.4 Å². The molecule has 3 aromatic heterocycles. The van der Waals surface area contributed by atoms with Crippen LogP contribution in [0.2, 0.25) is 0 Å². The second kappa shape index (κ2) is 10.3. The van der Waals surface area contributed by atoms with Gasteiger partial charge in [0.25, 0.3) is 0 Å². The number of carboxylic acid groups (broad SMARTS) is 1. The number of anilines is 2. The number of aryl methyl sites for hydroxylation is 1. The van der Waals surface area contributed by atoms with Crippen molar-refractivity contribution in [2.45, 2.75) is 32.5 Å². The molecule has 1 aliphatic heterocycles. The molecule has 0 aliphatic carbocycles. The second-order valence-corrected chi connectivity index (χ2v) is 10.8. The highest BCUT2D eigenvalue weighted by Gasteiger charge is 2.29. The summed E-state index contributed by atoms with van der Waals surface area (Å²) >= 11 is 1.79. The SMILES string of the molecule is Cc1nc(NC(C)c2ccc(-c3ccccc3CN(C)C)s2)c2cc(N3CC(NC(=O)O)C3)ncc2n1. The molecule has 1 aromatic carbocycles. The van der Waals surface area contributed by atoms with Gasteiger partial charge in [-0.25, -0.2) is 19.7 Å². The number of pyridine rings is 1. The number of aromatic nitrogens is 3. The number of hydrogen-bond acceptors (Lipinski definition) is 8. The zero-order valence-electron chi connectivity index (χ0n) is 21.4. The topological polar surface area (TPSA) is 107 Å². The van der Waals surface area contributed by atoms with Gasteiger partial charge in [-0.3, -0.25) is 0 Å². The first-order valence-corrected chi connectivity index (χ1v) is 13.1. The maximum atomic E-state index is 10.9. The number of hydrogen-bond donors (Lipinski definition) is 3. The summed E-state index contributed by atoms with van der Waals surface area (Å²) in [5, 5.41) is 15.9. The molecule has 1 amide bonds. The van der Waals surface area contributed by atoms with Gasteiger partial charge in [-0.1, -0.05) is 24.3 Å². The summed E-state index contributed by atoms with van der Waals surface area (Å²) in [5.74, 6) is 2.23. The fourth-order valence-electron chi connectivity index (χ4n) is 4.60. The van der Waals surface area contributed by atoms with E-state index in [1.165, 1.54) is 20.9 Å². The standard InChI is InChI=1S/C27H31N7O2S/c1-16(23-9-10-24(37-23)20-8-6-5-7-18(20)13-33(3)4)29-26-21-11-25(28-12-22(21)30-17(2)31-26)34-14-19(15-34)32-27(35)36/h5-12,16,19,32H,13-15H2,1-4H3,(H,35,36)(H,29,30,31). The summed E-state index contributed by atoms with van der Waals surface area (Å²) in [5.41, 5.74) is 3.35. The Morgan fingerprint density at radius 1 is 1.22 bits per heavy atom. The lowest BCUT2D eigenvalue weighted by Gasteiger charge is -2.39. The van der Waals surface area contributed by atoms with Crippen LogP contribution in [0.15, 0.2) is 48.7 Å². The largest absolute Gasteiger partial charge is 0.465 e. The van der Waals surface area contributed by atoms with Crippen molar-refractivity contribution < 1.29 is 9.90 Å². The Bertz CT molecular complexity index is 1430. The summed E-state index contributed by atoms with van der Waals surface area (Å²) < 4.78 is 0. The van der Waals surface area contributed by atoms with Crippen LogP contribution < -0.4 is 15.5 Å². The molecule has 0 bridgehead atoms. The number of carbonyl (C=O) groups is 1. The predicted octanol–water partition coefficient (Wildman–Crippen LogP) is 4.75. The van der Waals surface area contributed by atoms with Crippen molar-refractivity contribution in [2.75, 3.05) is 37.4 Å². The Morgan fingerprint density at radius 3 is 2.76 bits per heavy atom. The molecule has 37 heavy (non-hydrogen) atoms. The minimum absolute atomic E-state index is 0.0435. The van der Waals surface area contributed by atoms with Gasteiger partial charge in [0.1, 0.15) is 17.5 Å². The Labute approximate surface area is 220 Å². The molecule has 192 valence electrons. The molecular weight excluding hydrogens is 486 g/mol. The zero-order chi connectivity index (χ0) is 26.1. The van der Waals surface area contributed by atoms with E-state index >= 15 is 0 Å². The lowest BCUT2D eigenvalue weighted by molar-refractivity contribution is 0.187. The van der Waals surface area contributed by atoms with Crippen molar-refractivity contribution in [3.63, 3.8) is 0 Å². The number of fused-ring (bicyclic) bond motifs is 1. The summed E-state index contributed by atoms with van der Waals surface area (Å²) in [6, 6.07) is 14.9. The molecule has 1 aliphatic rings. The van der Waals surface area contributed by atoms with E-state index in [1.807, 2.05) is 17.9 Å². The smallest absolute Gasteiger partial charge is 0.405 e. The maximum Gasteiger partial charge on any atom is 0.405 e. The maximum absolute atomic E-state index is 10.9. The van der Waals surface area contributed by atoms with Crippen LogP contribution in [0, 0.1) is 6.92 Å². The number of nitrogens with one attached hydrogen (secondary N) is 2. The third-order valence-corrected chi connectivity index (χ3v) is 7.69. The van der Waals surface area contributed by atoms with Crippen molar-refractivity contribution in [3.8, 4) is 10.4 Å². The van der Waals surface area contributed by atoms with Crippen molar-refractivity contribution in [3.05, 3.63) is 64.9 Å². The quantitative estimate of drug-likeness (QED) is 0.307. The number of amides is 1. The minimum Gasteiger partial charge on any atom is -0.465 e. The van der Waals surface area contributed by atoms with Gasteiger partial charge in [-0.15, -0.1) is 11.3 Å². The first-order chi connectivity index (χ1) is 17.8. The molecule has 1 atom stereocenters. The van der Waals surface area contributed by atoms with Gasteiger partial charge in [0.05, 0.1) is 23.8 Å². The molecule has 4 heterocycles. The van der Waals surface area contributed by atoms with E-state index in [2.05, 4.69) is 82.9 Å². The number of nitrogens with zero attached hydrogens (tertiary/aromatic N) is 5. The van der Waals surface area contributed by atoms with Crippen LogP contribution in [0.25, 0.3) is 21.3 Å². The average molecular weight is 518 g/mol. The van der Waals surface area contributed by atoms with Gasteiger partial charge in [0, 0.05) is 34.8 Å². The van der Waals surface area contributed by atoms with E-state index in [0.717, 1.165) is 29.1 Å². The predicted molar refractivity (Wildman–Crippen MR) is 148 cm³/mol. The fourth-order valence-corrected chi connectivity index (χ4v) is 5.67. The third-order valence-electron chi connectivity index (χ3n) is 6.39. The lowest BCUT2D eigenvalue weighted by Crippen LogP contribution is -2.59. The van der Waals surface area contributed by atoms with Gasteiger partial charge in [-0.05, 0) is 57.3 Å². The molecule has 1 unspecified atom stereocenters. The number of benzene rings is 1. The van der Waals surface area contributed by atoms with E-state index in [-0.39, 0.29) is 12.1 Å². The molecular formula is C27H31N7O2S. The fraction of sp³-hybridized carbons (Fsp3) is 0.333. The highest BCUT2D eigenvalue weighted by Crippen LogP contribution is 2.36. The molecule has 1 fully saturated rings. The van der Waals surface area contributed by atoms with Crippen molar-refractivity contribution in [1.82, 2.24) is 25.2 Å². The van der Waals surface area contributed by atoms with Crippen molar-refractivity contribution in [1.29, 1.82) is 0 Å². The molecule has 1 saturated heterocycles. The highest BCUT2D eigenvalue weighted by molar-refractivity contribution is 7.15. The molecule has 9 nitrogen and oxygen atoms in total. The van der Waals surface area contributed by atoms with Gasteiger partial charge in [-0.2, -0.15) is 0 Å². The summed E-state index contributed by atoms with van der Waals surface area (Å²) in [4.78, 5) is 31.4. The Hall–Kier alpha value is -3.76. The first kappa shape index (κ1) is 24.9. The molecule has 10 heteroatoms. The summed E-state index contributed by atoms with van der Waals surface area (Å²) in [6.45, 7) is 6.09. The van der Waals surface area contributed by atoms with Gasteiger partial charge in [0.2, 0.25) is 0 Å². The second-order valence-electron chi connectivity index (χ2n) is 9.69. The minimum atomic E-state index is -1.00. The van der Waals surface area contributed by atoms with Crippen molar-refractivity contribution in [2.24, 2.45) is 0 Å². The Morgan fingerprint density at radius 2 is 2.00 bits per heavy atom. The van der Waals surface area contributed by atoms with Crippen LogP contribution >= 0.6 is 11.3 Å². The van der Waals surface area contributed by atoms with Gasteiger partial charge in [0.15, 0.2) is 0 Å². The average Bonchev–Trinajstić information content (AvgIpc) is 3.31. The molecule has 0 spiro atoms. The monoisotopic (exact) mass is 517 g/mol. The molecule has 3 N–H and O–H groups in total. The van der Waals surface area contributed by atoms with E-state index in [1.54, 1.807) is 17.5 Å². The van der Waals surface area contributed by atoms with Crippen LogP contribution in [0.1, 0.15) is 29.2 Å². The molecule has 0 radical (unpaired) electrons. The number of thiophene rings is 1. The van der Waals surface area contributed by atoms with Crippen LogP contribution in [0.3, 0.4) is 0 Å². The normalized spacial score (nSPS) is 14.6. The first-order valence-electron chi connectivity index (χ1n) is 12.2. The molecule has 4 aromatic rings. The van der Waals surface area contributed by atoms with E-state index < -0.39 is 6.09 Å². The van der Waals surface area contributed by atoms with E-state index in [9.17, 15) is 4.79 Å². The number of rotatable bonds is 8. The Balaban J connectivity index is 1.38. The summed E-state index contributed by atoms with van der Waals surface area (Å²) in [6.07, 6.45) is 0.760. The van der Waals surface area contributed by atoms with Gasteiger partial charge < -0.3 is 25.5 Å².